The van der Waals surface area contributed by atoms with Crippen molar-refractivity contribution in [3.63, 3.8) is 0 Å². The molecular formula is C24H26F4N8O2. The van der Waals surface area contributed by atoms with Crippen molar-refractivity contribution in [2.75, 3.05) is 45.8 Å². The number of nitrogen functional groups attached to an aromatic ring is 1. The van der Waals surface area contributed by atoms with Crippen LogP contribution in [0.1, 0.15) is 31.0 Å². The standard InChI is InChI=1S/C24H26F4N8O2/c1-12(8-25)35-17-7-13(3-4-16(17)31-33-35)18-19(26)20(36-21(18)22(37-2)30-23(29)32-36)15-5-6-34(11-24(15,27)28)14-9-38-10-14/h3-4,7,12,14-15H,5-6,8-11H2,1-2H3,(H2,29,32)/t12-,15+/m0/s1. The lowest BCUT2D eigenvalue weighted by Crippen LogP contribution is -2.57. The molecule has 0 spiro atoms. The van der Waals surface area contributed by atoms with Crippen molar-refractivity contribution in [1.29, 1.82) is 0 Å². The fourth-order valence-corrected chi connectivity index (χ4v) is 5.37. The minimum Gasteiger partial charge on any atom is -0.479 e. The van der Waals surface area contributed by atoms with Crippen LogP contribution in [-0.2, 0) is 4.74 Å². The molecule has 2 fully saturated rings. The SMILES string of the molecule is COc1nc(N)nn2c([C@H]3CCN(C4COC4)CC3(F)F)c(F)c(-c3ccc4nnn([C@@H](C)CF)c4c3)c12. The van der Waals surface area contributed by atoms with Crippen LogP contribution in [0.4, 0.5) is 23.5 Å². The number of alkyl halides is 3. The van der Waals surface area contributed by atoms with Gasteiger partial charge in [-0.3, -0.25) is 4.90 Å². The van der Waals surface area contributed by atoms with Gasteiger partial charge in [-0.15, -0.1) is 10.2 Å². The minimum absolute atomic E-state index is 0.00192. The average Bonchev–Trinajstić information content (AvgIpc) is 3.39. The van der Waals surface area contributed by atoms with Crippen molar-refractivity contribution < 1.29 is 27.0 Å². The van der Waals surface area contributed by atoms with Gasteiger partial charge >= 0.3 is 0 Å². The second-order valence-electron chi connectivity index (χ2n) is 9.82. The monoisotopic (exact) mass is 534 g/mol. The predicted molar refractivity (Wildman–Crippen MR) is 130 cm³/mol. The second kappa shape index (κ2) is 9.05. The number of halogens is 4. The number of piperidine rings is 1. The molecule has 1 aromatic carbocycles. The number of fused-ring (bicyclic) bond motifs is 2. The van der Waals surface area contributed by atoms with E-state index in [2.05, 4.69) is 20.4 Å². The molecule has 0 bridgehead atoms. The fraction of sp³-hybridized carbons (Fsp3) is 0.500. The van der Waals surface area contributed by atoms with Crippen LogP contribution < -0.4 is 10.5 Å². The number of rotatable bonds is 6. The fourth-order valence-electron chi connectivity index (χ4n) is 5.37. The van der Waals surface area contributed by atoms with Crippen molar-refractivity contribution in [2.24, 2.45) is 0 Å². The number of anilines is 1. The number of methoxy groups -OCH3 is 1. The van der Waals surface area contributed by atoms with E-state index in [1.54, 1.807) is 30.0 Å². The first-order valence-corrected chi connectivity index (χ1v) is 12.3. The third kappa shape index (κ3) is 3.76. The van der Waals surface area contributed by atoms with Crippen LogP contribution in [0.15, 0.2) is 18.2 Å². The molecule has 202 valence electrons. The Morgan fingerprint density at radius 1 is 1.29 bits per heavy atom. The van der Waals surface area contributed by atoms with Crippen LogP contribution in [0.25, 0.3) is 27.7 Å². The van der Waals surface area contributed by atoms with E-state index in [0.29, 0.717) is 36.4 Å². The summed E-state index contributed by atoms with van der Waals surface area (Å²) in [6, 6.07) is 4.12. The van der Waals surface area contributed by atoms with E-state index in [1.807, 2.05) is 0 Å². The van der Waals surface area contributed by atoms with Gasteiger partial charge in [0.2, 0.25) is 11.8 Å². The third-order valence-electron chi connectivity index (χ3n) is 7.43. The molecular weight excluding hydrogens is 508 g/mol. The zero-order valence-electron chi connectivity index (χ0n) is 20.7. The number of benzene rings is 1. The van der Waals surface area contributed by atoms with E-state index in [0.717, 1.165) is 4.52 Å². The zero-order valence-corrected chi connectivity index (χ0v) is 20.7. The molecule has 0 saturated carbocycles. The van der Waals surface area contributed by atoms with Gasteiger partial charge in [-0.1, -0.05) is 11.3 Å². The maximum absolute atomic E-state index is 16.5. The summed E-state index contributed by atoms with van der Waals surface area (Å²) < 4.78 is 74.3. The minimum atomic E-state index is -3.25. The van der Waals surface area contributed by atoms with Crippen LogP contribution in [0.3, 0.4) is 0 Å². The highest BCUT2D eigenvalue weighted by Crippen LogP contribution is 2.47. The van der Waals surface area contributed by atoms with Gasteiger partial charge in [-0.05, 0) is 37.6 Å². The molecule has 6 rings (SSSR count). The van der Waals surface area contributed by atoms with Gasteiger partial charge in [0.25, 0.3) is 5.92 Å². The zero-order chi connectivity index (χ0) is 26.8. The summed E-state index contributed by atoms with van der Waals surface area (Å²) in [6.45, 7) is 1.59. The highest BCUT2D eigenvalue weighted by molar-refractivity contribution is 5.90. The Bertz CT molecular complexity index is 1520. The van der Waals surface area contributed by atoms with Crippen molar-refractivity contribution in [3.8, 4) is 17.0 Å². The van der Waals surface area contributed by atoms with E-state index in [1.165, 1.54) is 11.8 Å². The van der Waals surface area contributed by atoms with Gasteiger partial charge in [0.1, 0.15) is 17.7 Å². The molecule has 4 aromatic rings. The first kappa shape index (κ1) is 24.8. The van der Waals surface area contributed by atoms with Gasteiger partial charge < -0.3 is 15.2 Å². The summed E-state index contributed by atoms with van der Waals surface area (Å²) in [5.74, 6) is -5.91. The van der Waals surface area contributed by atoms with Gasteiger partial charge in [-0.2, -0.15) is 4.98 Å². The third-order valence-corrected chi connectivity index (χ3v) is 7.43. The predicted octanol–water partition coefficient (Wildman–Crippen LogP) is 3.22. The Labute approximate surface area is 214 Å². The van der Waals surface area contributed by atoms with Crippen LogP contribution in [0, 0.1) is 5.82 Å². The van der Waals surface area contributed by atoms with Crippen LogP contribution in [0.5, 0.6) is 5.88 Å². The maximum Gasteiger partial charge on any atom is 0.268 e. The summed E-state index contributed by atoms with van der Waals surface area (Å²) in [5.41, 5.74) is 6.89. The highest BCUT2D eigenvalue weighted by Gasteiger charge is 2.50. The van der Waals surface area contributed by atoms with Crippen molar-refractivity contribution in [3.05, 3.63) is 29.7 Å². The molecule has 0 aliphatic carbocycles. The van der Waals surface area contributed by atoms with Gasteiger partial charge in [-0.25, -0.2) is 26.8 Å². The quantitative estimate of drug-likeness (QED) is 0.376. The lowest BCUT2D eigenvalue weighted by atomic mass is 9.88. The van der Waals surface area contributed by atoms with E-state index >= 15 is 13.2 Å². The summed E-state index contributed by atoms with van der Waals surface area (Å²) in [4.78, 5) is 5.76. The topological polar surface area (TPSA) is 109 Å². The van der Waals surface area contributed by atoms with Gasteiger partial charge in [0, 0.05) is 0 Å². The number of hydrogen-bond acceptors (Lipinski definition) is 8. The highest BCUT2D eigenvalue weighted by atomic mass is 19.3. The molecule has 0 unspecified atom stereocenters. The molecule has 5 heterocycles. The lowest BCUT2D eigenvalue weighted by molar-refractivity contribution is -0.137. The summed E-state index contributed by atoms with van der Waals surface area (Å²) in [5, 5.41) is 12.2. The van der Waals surface area contributed by atoms with E-state index < -0.39 is 36.9 Å². The molecule has 3 aromatic heterocycles. The number of likely N-dealkylation sites (tertiary alicyclic amines) is 1. The van der Waals surface area contributed by atoms with Crippen LogP contribution >= 0.6 is 0 Å². The van der Waals surface area contributed by atoms with Crippen molar-refractivity contribution >= 4 is 22.5 Å². The number of aromatic nitrogens is 6. The second-order valence-corrected chi connectivity index (χ2v) is 9.82. The Hall–Kier alpha value is -3.52. The largest absolute Gasteiger partial charge is 0.479 e. The Kier molecular flexibility index (Phi) is 5.90. The number of ether oxygens (including phenoxy) is 2. The summed E-state index contributed by atoms with van der Waals surface area (Å²) in [7, 11) is 1.33. The first-order chi connectivity index (χ1) is 18.2. The Morgan fingerprint density at radius 3 is 2.74 bits per heavy atom. The van der Waals surface area contributed by atoms with E-state index in [4.69, 9.17) is 15.2 Å². The lowest BCUT2D eigenvalue weighted by Gasteiger charge is -2.44. The Balaban J connectivity index is 1.54. The molecule has 2 saturated heterocycles. The van der Waals surface area contributed by atoms with Crippen molar-refractivity contribution in [1.82, 2.24) is 34.5 Å². The average molecular weight is 535 g/mol. The summed E-state index contributed by atoms with van der Waals surface area (Å²) >= 11 is 0. The number of nitrogens with two attached hydrogens (primary N) is 1. The van der Waals surface area contributed by atoms with Gasteiger partial charge in [0.15, 0.2) is 5.82 Å². The van der Waals surface area contributed by atoms with Crippen LogP contribution in [0.2, 0.25) is 0 Å². The molecule has 0 radical (unpaired) electrons. The van der Waals surface area contributed by atoms with E-state index in [9.17, 15) is 4.39 Å². The molecule has 2 aliphatic rings. The normalized spacial score (nSPS) is 21.2. The molecule has 14 heteroatoms. The van der Waals surface area contributed by atoms with E-state index in [-0.39, 0.29) is 41.1 Å². The maximum atomic E-state index is 16.5. The first-order valence-electron chi connectivity index (χ1n) is 12.3. The van der Waals surface area contributed by atoms with Gasteiger partial charge in [0.05, 0.1) is 61.6 Å². The molecule has 0 amide bonds. The molecule has 2 atom stereocenters. The smallest absolute Gasteiger partial charge is 0.268 e. The number of hydrogen-bond donors (Lipinski definition) is 1. The molecule has 38 heavy (non-hydrogen) atoms. The number of nitrogens with zero attached hydrogens (tertiary/aromatic N) is 7. The molecule has 2 aliphatic heterocycles. The Morgan fingerprint density at radius 2 is 2.08 bits per heavy atom. The molecule has 2 N–H and O–H groups in total. The molecule has 10 nitrogen and oxygen atoms in total. The summed E-state index contributed by atoms with van der Waals surface area (Å²) in [6.07, 6.45) is 0.00192. The van der Waals surface area contributed by atoms with Crippen molar-refractivity contribution in [2.45, 2.75) is 37.3 Å². The van der Waals surface area contributed by atoms with Crippen LogP contribution in [-0.4, -0.2) is 86.5 Å².